The number of imidazole rings is 1. The Morgan fingerprint density at radius 1 is 0.962 bits per heavy atom. The highest BCUT2D eigenvalue weighted by molar-refractivity contribution is 5.74. The van der Waals surface area contributed by atoms with Gasteiger partial charge >= 0.3 is 12.4 Å². The third-order valence-corrected chi connectivity index (χ3v) is 3.94. The second-order valence-electron chi connectivity index (χ2n) is 5.81. The van der Waals surface area contributed by atoms with Gasteiger partial charge in [0, 0.05) is 12.5 Å². The van der Waals surface area contributed by atoms with Crippen molar-refractivity contribution in [1.82, 2.24) is 9.97 Å². The van der Waals surface area contributed by atoms with Crippen LogP contribution in [0.5, 0.6) is 0 Å². The molecule has 3 N–H and O–H groups in total. The number of H-pyrrole nitrogens is 1. The number of hydrogen-bond donors (Lipinski definition) is 2. The number of aromatic amines is 1. The summed E-state index contributed by atoms with van der Waals surface area (Å²) in [6.07, 6.45) is -9.75. The van der Waals surface area contributed by atoms with Crippen LogP contribution in [0.2, 0.25) is 0 Å². The number of fused-ring (bicyclic) bond motifs is 1. The summed E-state index contributed by atoms with van der Waals surface area (Å²) in [5.41, 5.74) is 4.10. The van der Waals surface area contributed by atoms with E-state index in [1.165, 1.54) is 0 Å². The zero-order valence-corrected chi connectivity index (χ0v) is 13.1. The molecule has 0 radical (unpaired) electrons. The first kappa shape index (κ1) is 18.2. The summed E-state index contributed by atoms with van der Waals surface area (Å²) >= 11 is 0. The van der Waals surface area contributed by atoms with E-state index < -0.39 is 35.1 Å². The van der Waals surface area contributed by atoms with Crippen LogP contribution in [0.25, 0.3) is 11.0 Å². The normalized spacial score (nSPS) is 14.0. The second kappa shape index (κ2) is 6.31. The Labute approximate surface area is 143 Å². The topological polar surface area (TPSA) is 54.7 Å². The number of aromatic nitrogens is 2. The van der Waals surface area contributed by atoms with Gasteiger partial charge in [0.2, 0.25) is 0 Å². The van der Waals surface area contributed by atoms with Crippen molar-refractivity contribution in [2.45, 2.75) is 24.8 Å². The minimum absolute atomic E-state index is 0.168. The van der Waals surface area contributed by atoms with E-state index in [1.54, 1.807) is 24.3 Å². The quantitative estimate of drug-likeness (QED) is 0.646. The van der Waals surface area contributed by atoms with Gasteiger partial charge in [-0.1, -0.05) is 12.1 Å². The summed E-state index contributed by atoms with van der Waals surface area (Å²) in [5.74, 6) is 0.296. The number of rotatable bonds is 3. The average molecular weight is 373 g/mol. The van der Waals surface area contributed by atoms with Gasteiger partial charge in [-0.25, -0.2) is 4.98 Å². The van der Waals surface area contributed by atoms with E-state index in [2.05, 4.69) is 9.97 Å². The lowest BCUT2D eigenvalue weighted by atomic mass is 9.95. The van der Waals surface area contributed by atoms with Crippen molar-refractivity contribution in [1.29, 1.82) is 0 Å². The van der Waals surface area contributed by atoms with E-state index in [0.29, 0.717) is 35.1 Å². The maximum absolute atomic E-state index is 13.2. The SMILES string of the molecule is NC(Cc1nc2ccccc2[nH]1)c1cc(C(F)(F)F)ccc1C(F)(F)F. The predicted octanol–water partition coefficient (Wildman–Crippen LogP) is 4.84. The third-order valence-electron chi connectivity index (χ3n) is 3.94. The molecule has 3 rings (SSSR count). The largest absolute Gasteiger partial charge is 0.416 e. The second-order valence-corrected chi connectivity index (χ2v) is 5.81. The molecule has 0 spiro atoms. The Morgan fingerprint density at radius 2 is 1.65 bits per heavy atom. The Bertz CT molecular complexity index is 893. The zero-order valence-electron chi connectivity index (χ0n) is 13.1. The van der Waals surface area contributed by atoms with Gasteiger partial charge in [-0.15, -0.1) is 0 Å². The molecule has 0 aliphatic carbocycles. The van der Waals surface area contributed by atoms with Crippen molar-refractivity contribution in [3.05, 3.63) is 65.0 Å². The van der Waals surface area contributed by atoms with Gasteiger partial charge in [-0.2, -0.15) is 26.3 Å². The Hall–Kier alpha value is -2.55. The van der Waals surface area contributed by atoms with Crippen LogP contribution >= 0.6 is 0 Å². The smallest absolute Gasteiger partial charge is 0.342 e. The van der Waals surface area contributed by atoms with Gasteiger partial charge in [0.1, 0.15) is 5.82 Å². The fraction of sp³-hybridized carbons (Fsp3) is 0.235. The molecule has 3 aromatic rings. The molecule has 2 aromatic carbocycles. The molecule has 1 heterocycles. The molecule has 1 aromatic heterocycles. The standard InChI is InChI=1S/C17H13F6N3/c18-16(19,20)9-5-6-11(17(21,22)23)10(7-9)12(24)8-15-25-13-3-1-2-4-14(13)26-15/h1-7,12H,8,24H2,(H,25,26). The Kier molecular flexibility index (Phi) is 4.43. The van der Waals surface area contributed by atoms with Crippen molar-refractivity contribution < 1.29 is 26.3 Å². The molecule has 26 heavy (non-hydrogen) atoms. The van der Waals surface area contributed by atoms with Gasteiger partial charge in [-0.05, 0) is 35.9 Å². The lowest BCUT2D eigenvalue weighted by molar-refractivity contribution is -0.142. The van der Waals surface area contributed by atoms with Crippen LogP contribution < -0.4 is 5.73 Å². The third kappa shape index (κ3) is 3.67. The van der Waals surface area contributed by atoms with E-state index in [0.717, 1.165) is 0 Å². The molecule has 0 aliphatic rings. The van der Waals surface area contributed by atoms with Crippen LogP contribution in [0.4, 0.5) is 26.3 Å². The first-order valence-corrected chi connectivity index (χ1v) is 7.53. The number of nitrogens with zero attached hydrogens (tertiary/aromatic N) is 1. The van der Waals surface area contributed by atoms with Crippen LogP contribution in [-0.2, 0) is 18.8 Å². The Balaban J connectivity index is 1.99. The van der Waals surface area contributed by atoms with Crippen LogP contribution in [-0.4, -0.2) is 9.97 Å². The van der Waals surface area contributed by atoms with E-state index >= 15 is 0 Å². The maximum Gasteiger partial charge on any atom is 0.416 e. The fourth-order valence-electron chi connectivity index (χ4n) is 2.72. The number of para-hydroxylation sites is 2. The number of alkyl halides is 6. The molecule has 0 aliphatic heterocycles. The van der Waals surface area contributed by atoms with Crippen LogP contribution in [0.15, 0.2) is 42.5 Å². The molecule has 1 atom stereocenters. The summed E-state index contributed by atoms with van der Waals surface area (Å²) in [5, 5.41) is 0. The Morgan fingerprint density at radius 3 is 2.27 bits per heavy atom. The van der Waals surface area contributed by atoms with Crippen molar-refractivity contribution in [2.24, 2.45) is 5.73 Å². The number of benzene rings is 2. The fourth-order valence-corrected chi connectivity index (χ4v) is 2.72. The molecule has 9 heteroatoms. The van der Waals surface area contributed by atoms with E-state index in [4.69, 9.17) is 5.73 Å². The first-order valence-electron chi connectivity index (χ1n) is 7.53. The van der Waals surface area contributed by atoms with E-state index in [-0.39, 0.29) is 6.42 Å². The van der Waals surface area contributed by atoms with Gasteiger partial charge < -0.3 is 10.7 Å². The maximum atomic E-state index is 13.2. The van der Waals surface area contributed by atoms with E-state index in [9.17, 15) is 26.3 Å². The monoisotopic (exact) mass is 373 g/mol. The highest BCUT2D eigenvalue weighted by Crippen LogP contribution is 2.38. The minimum atomic E-state index is -4.81. The van der Waals surface area contributed by atoms with Crippen molar-refractivity contribution >= 4 is 11.0 Å². The van der Waals surface area contributed by atoms with Crippen molar-refractivity contribution in [3.8, 4) is 0 Å². The van der Waals surface area contributed by atoms with Crippen molar-refractivity contribution in [2.75, 3.05) is 0 Å². The lowest BCUT2D eigenvalue weighted by Gasteiger charge is -2.19. The van der Waals surface area contributed by atoms with E-state index in [1.807, 2.05) is 0 Å². The molecule has 138 valence electrons. The number of halogens is 6. The zero-order chi connectivity index (χ0) is 19.1. The molecule has 0 fully saturated rings. The molecule has 1 unspecified atom stereocenters. The number of nitrogens with two attached hydrogens (primary N) is 1. The number of nitrogens with one attached hydrogen (secondary N) is 1. The highest BCUT2D eigenvalue weighted by atomic mass is 19.4. The summed E-state index contributed by atoms with van der Waals surface area (Å²) in [6.45, 7) is 0. The molecule has 0 amide bonds. The van der Waals surface area contributed by atoms with Gasteiger partial charge in [0.15, 0.2) is 0 Å². The minimum Gasteiger partial charge on any atom is -0.342 e. The summed E-state index contributed by atoms with van der Waals surface area (Å²) in [4.78, 5) is 7.11. The molecular formula is C17H13F6N3. The molecule has 0 bridgehead atoms. The van der Waals surface area contributed by atoms with Crippen LogP contribution in [0, 0.1) is 0 Å². The summed E-state index contributed by atoms with van der Waals surface area (Å²) < 4.78 is 78.2. The van der Waals surface area contributed by atoms with Gasteiger partial charge in [0.05, 0.1) is 22.2 Å². The summed E-state index contributed by atoms with van der Waals surface area (Å²) in [6, 6.07) is 6.87. The van der Waals surface area contributed by atoms with Crippen LogP contribution in [0.3, 0.4) is 0 Å². The average Bonchev–Trinajstić information content (AvgIpc) is 2.94. The van der Waals surface area contributed by atoms with Gasteiger partial charge in [0.25, 0.3) is 0 Å². The molecule has 3 nitrogen and oxygen atoms in total. The van der Waals surface area contributed by atoms with Crippen molar-refractivity contribution in [3.63, 3.8) is 0 Å². The lowest BCUT2D eigenvalue weighted by Crippen LogP contribution is -2.21. The molecular weight excluding hydrogens is 360 g/mol. The summed E-state index contributed by atoms with van der Waals surface area (Å²) in [7, 11) is 0. The predicted molar refractivity (Wildman–Crippen MR) is 83.2 cm³/mol. The highest BCUT2D eigenvalue weighted by Gasteiger charge is 2.38. The molecule has 0 saturated carbocycles. The first-order chi connectivity index (χ1) is 12.1. The van der Waals surface area contributed by atoms with Gasteiger partial charge in [-0.3, -0.25) is 0 Å². The molecule has 0 saturated heterocycles. The van der Waals surface area contributed by atoms with Crippen LogP contribution in [0.1, 0.15) is 28.6 Å². The number of hydrogen-bond acceptors (Lipinski definition) is 2.